The van der Waals surface area contributed by atoms with Crippen LogP contribution >= 0.6 is 12.4 Å². The molecule has 0 spiro atoms. The van der Waals surface area contributed by atoms with E-state index in [-0.39, 0.29) is 42.7 Å². The Morgan fingerprint density at radius 3 is 2.59 bits per heavy atom. The number of carbonyl (C=O) groups excluding carboxylic acids is 3. The van der Waals surface area contributed by atoms with Crippen molar-refractivity contribution in [2.45, 2.75) is 25.7 Å². The summed E-state index contributed by atoms with van der Waals surface area (Å²) in [6, 6.07) is 7.21. The second-order valence-electron chi connectivity index (χ2n) is 7.19. The van der Waals surface area contributed by atoms with Crippen LogP contribution in [0.5, 0.6) is 5.75 Å². The maximum Gasteiger partial charge on any atom is 0.260 e. The third-order valence-corrected chi connectivity index (χ3v) is 5.17. The van der Waals surface area contributed by atoms with Crippen molar-refractivity contribution in [2.24, 2.45) is 11.7 Å². The first-order valence-corrected chi connectivity index (χ1v) is 9.87. The maximum absolute atomic E-state index is 12.5. The van der Waals surface area contributed by atoms with Crippen LogP contribution in [0.3, 0.4) is 0 Å². The minimum absolute atomic E-state index is 0. The highest BCUT2D eigenvalue weighted by atomic mass is 35.5. The zero-order valence-corrected chi connectivity index (χ0v) is 17.3. The van der Waals surface area contributed by atoms with Gasteiger partial charge in [-0.3, -0.25) is 14.4 Å². The Morgan fingerprint density at radius 2 is 1.93 bits per heavy atom. The van der Waals surface area contributed by atoms with Crippen molar-refractivity contribution < 1.29 is 19.1 Å². The number of rotatable bonds is 7. The first-order valence-electron chi connectivity index (χ1n) is 9.87. The molecule has 1 aromatic carbocycles. The molecule has 1 unspecified atom stereocenters. The van der Waals surface area contributed by atoms with Crippen molar-refractivity contribution >= 4 is 35.8 Å². The van der Waals surface area contributed by atoms with Gasteiger partial charge >= 0.3 is 0 Å². The van der Waals surface area contributed by atoms with Gasteiger partial charge in [-0.15, -0.1) is 12.4 Å². The highest BCUT2D eigenvalue weighted by Gasteiger charge is 2.28. The molecule has 2 aliphatic rings. The van der Waals surface area contributed by atoms with Crippen molar-refractivity contribution in [2.75, 3.05) is 44.2 Å². The van der Waals surface area contributed by atoms with E-state index in [1.165, 1.54) is 0 Å². The molecule has 29 heavy (non-hydrogen) atoms. The number of carbonyl (C=O) groups is 3. The number of likely N-dealkylation sites (tertiary alicyclic amines) is 1. The highest BCUT2D eigenvalue weighted by Crippen LogP contribution is 2.24. The van der Waals surface area contributed by atoms with Gasteiger partial charge in [0.25, 0.3) is 5.91 Å². The quantitative estimate of drug-likeness (QED) is 0.677. The van der Waals surface area contributed by atoms with Gasteiger partial charge in [0.05, 0.1) is 5.92 Å². The van der Waals surface area contributed by atoms with Crippen LogP contribution in [0.1, 0.15) is 25.7 Å². The number of nitrogens with zero attached hydrogens (tertiary/aromatic N) is 2. The zero-order chi connectivity index (χ0) is 19.9. The largest absolute Gasteiger partial charge is 0.484 e. The van der Waals surface area contributed by atoms with Crippen LogP contribution in [-0.4, -0.2) is 62.0 Å². The summed E-state index contributed by atoms with van der Waals surface area (Å²) in [6.45, 7) is 2.57. The lowest BCUT2D eigenvalue weighted by molar-refractivity contribution is -0.137. The molecule has 0 aliphatic carbocycles. The van der Waals surface area contributed by atoms with E-state index < -0.39 is 0 Å². The molecule has 0 aromatic heterocycles. The normalized spacial score (nSPS) is 18.9. The average Bonchev–Trinajstić information content (AvgIpc) is 3.16. The van der Waals surface area contributed by atoms with Crippen LogP contribution in [0.4, 0.5) is 5.69 Å². The van der Waals surface area contributed by atoms with Gasteiger partial charge < -0.3 is 25.6 Å². The highest BCUT2D eigenvalue weighted by molar-refractivity contribution is 5.95. The summed E-state index contributed by atoms with van der Waals surface area (Å²) in [6.07, 6.45) is 3.04. The van der Waals surface area contributed by atoms with Gasteiger partial charge in [0, 0.05) is 44.8 Å². The first-order chi connectivity index (χ1) is 13.6. The number of piperidine rings is 1. The third kappa shape index (κ3) is 6.08. The van der Waals surface area contributed by atoms with E-state index in [4.69, 9.17) is 10.5 Å². The Kier molecular flexibility index (Phi) is 8.72. The number of hydrogen-bond acceptors (Lipinski definition) is 5. The van der Waals surface area contributed by atoms with Gasteiger partial charge in [-0.25, -0.2) is 0 Å². The zero-order valence-electron chi connectivity index (χ0n) is 16.5. The fraction of sp³-hybridized carbons (Fsp3) is 0.550. The summed E-state index contributed by atoms with van der Waals surface area (Å²) in [5.74, 6) is 0.351. The molecule has 160 valence electrons. The molecule has 2 aliphatic heterocycles. The van der Waals surface area contributed by atoms with Gasteiger partial charge in [-0.05, 0) is 43.5 Å². The maximum atomic E-state index is 12.5. The van der Waals surface area contributed by atoms with Crippen LogP contribution < -0.4 is 20.7 Å². The molecular formula is C20H29ClN4O4. The van der Waals surface area contributed by atoms with Crippen molar-refractivity contribution in [3.8, 4) is 5.75 Å². The minimum atomic E-state index is -0.193. The van der Waals surface area contributed by atoms with Crippen molar-refractivity contribution in [3.63, 3.8) is 0 Å². The SMILES string of the molecule is Cl.NCCNC(=O)C1CCCN(C(=O)COc2ccc(N3CCCC3=O)cc2)C1. The van der Waals surface area contributed by atoms with Crippen LogP contribution in [0.2, 0.25) is 0 Å². The molecule has 0 saturated carbocycles. The molecule has 9 heteroatoms. The van der Waals surface area contributed by atoms with Gasteiger partial charge in [0.15, 0.2) is 6.61 Å². The van der Waals surface area contributed by atoms with Gasteiger partial charge in [0.1, 0.15) is 5.75 Å². The third-order valence-electron chi connectivity index (χ3n) is 5.17. The summed E-state index contributed by atoms with van der Waals surface area (Å²) < 4.78 is 5.61. The van der Waals surface area contributed by atoms with Gasteiger partial charge in [-0.2, -0.15) is 0 Å². The smallest absolute Gasteiger partial charge is 0.260 e. The van der Waals surface area contributed by atoms with Crippen LogP contribution in [0.15, 0.2) is 24.3 Å². The van der Waals surface area contributed by atoms with E-state index in [1.54, 1.807) is 21.9 Å². The Morgan fingerprint density at radius 1 is 1.17 bits per heavy atom. The molecule has 2 fully saturated rings. The van der Waals surface area contributed by atoms with Crippen molar-refractivity contribution in [1.82, 2.24) is 10.2 Å². The van der Waals surface area contributed by atoms with E-state index in [9.17, 15) is 14.4 Å². The second-order valence-corrected chi connectivity index (χ2v) is 7.19. The molecule has 0 radical (unpaired) electrons. The van der Waals surface area contributed by atoms with E-state index in [0.717, 1.165) is 31.5 Å². The summed E-state index contributed by atoms with van der Waals surface area (Å²) in [4.78, 5) is 39.8. The molecule has 3 N–H and O–H groups in total. The predicted octanol–water partition coefficient (Wildman–Crippen LogP) is 0.928. The molecule has 1 aromatic rings. The summed E-state index contributed by atoms with van der Waals surface area (Å²) >= 11 is 0. The Bertz CT molecular complexity index is 713. The number of nitrogens with one attached hydrogen (secondary N) is 1. The Labute approximate surface area is 177 Å². The molecule has 3 amide bonds. The minimum Gasteiger partial charge on any atom is -0.484 e. The number of nitrogens with two attached hydrogens (primary N) is 1. The summed E-state index contributed by atoms with van der Waals surface area (Å²) in [5.41, 5.74) is 6.26. The van der Waals surface area contributed by atoms with Crippen LogP contribution in [-0.2, 0) is 14.4 Å². The average molecular weight is 425 g/mol. The number of amides is 3. The lowest BCUT2D eigenvalue weighted by atomic mass is 9.97. The number of halogens is 1. The molecular weight excluding hydrogens is 396 g/mol. The van der Waals surface area contributed by atoms with E-state index in [2.05, 4.69) is 5.32 Å². The fourth-order valence-electron chi connectivity index (χ4n) is 3.64. The van der Waals surface area contributed by atoms with E-state index >= 15 is 0 Å². The predicted molar refractivity (Wildman–Crippen MR) is 112 cm³/mol. The van der Waals surface area contributed by atoms with Crippen LogP contribution in [0.25, 0.3) is 0 Å². The molecule has 0 bridgehead atoms. The lowest BCUT2D eigenvalue weighted by Gasteiger charge is -2.32. The molecule has 2 saturated heterocycles. The van der Waals surface area contributed by atoms with Gasteiger partial charge in [0.2, 0.25) is 11.8 Å². The first kappa shape index (κ1) is 23.0. The lowest BCUT2D eigenvalue weighted by Crippen LogP contribution is -2.47. The molecule has 8 nitrogen and oxygen atoms in total. The second kappa shape index (κ2) is 11.0. The summed E-state index contributed by atoms with van der Waals surface area (Å²) in [7, 11) is 0. The topological polar surface area (TPSA) is 105 Å². The Hall–Kier alpha value is -2.32. The Balaban J connectivity index is 0.00000300. The summed E-state index contributed by atoms with van der Waals surface area (Å²) in [5, 5.41) is 2.79. The van der Waals surface area contributed by atoms with Crippen LogP contribution in [0, 0.1) is 5.92 Å². The van der Waals surface area contributed by atoms with Crippen molar-refractivity contribution in [1.29, 1.82) is 0 Å². The number of hydrogen-bond donors (Lipinski definition) is 2. The molecule has 2 heterocycles. The van der Waals surface area contributed by atoms with Gasteiger partial charge in [-0.1, -0.05) is 0 Å². The molecule has 3 rings (SSSR count). The molecule has 1 atom stereocenters. The number of ether oxygens (including phenoxy) is 1. The monoisotopic (exact) mass is 424 g/mol. The van der Waals surface area contributed by atoms with E-state index in [1.807, 2.05) is 12.1 Å². The number of benzene rings is 1. The van der Waals surface area contributed by atoms with E-state index in [0.29, 0.717) is 38.3 Å². The standard InChI is InChI=1S/C20H28N4O4.ClH/c21-9-10-22-20(27)15-3-1-11-23(13-15)19(26)14-28-17-7-5-16(6-8-17)24-12-2-4-18(24)25;/h5-8,15H,1-4,9-14,21H2,(H,22,27);1H. The number of anilines is 1. The fourth-order valence-corrected chi connectivity index (χ4v) is 3.64. The van der Waals surface area contributed by atoms with Crippen molar-refractivity contribution in [3.05, 3.63) is 24.3 Å².